The van der Waals surface area contributed by atoms with E-state index in [0.29, 0.717) is 17.1 Å². The zero-order valence-corrected chi connectivity index (χ0v) is 14.8. The van der Waals surface area contributed by atoms with Gasteiger partial charge in [0.05, 0.1) is 12.6 Å². The Labute approximate surface area is 152 Å². The molecular formula is C19H21ClN4O. The van der Waals surface area contributed by atoms with Gasteiger partial charge in [-0.25, -0.2) is 0 Å². The van der Waals surface area contributed by atoms with Crippen LogP contribution in [-0.4, -0.2) is 25.0 Å². The van der Waals surface area contributed by atoms with Gasteiger partial charge in [-0.15, -0.1) is 0 Å². The Morgan fingerprint density at radius 2 is 2.12 bits per heavy atom. The molecule has 2 aromatic carbocycles. The Kier molecular flexibility index (Phi) is 5.56. The highest BCUT2D eigenvalue weighted by atomic mass is 35.5. The zero-order valence-electron chi connectivity index (χ0n) is 14.1. The number of hydrogen-bond acceptors (Lipinski definition) is 4. The number of nitrogens with zero attached hydrogens (tertiary/aromatic N) is 1. The molecule has 1 aliphatic heterocycles. The fourth-order valence-corrected chi connectivity index (χ4v) is 2.86. The monoisotopic (exact) mass is 356 g/mol. The highest BCUT2D eigenvalue weighted by molar-refractivity contribution is 6.30. The van der Waals surface area contributed by atoms with E-state index in [2.05, 4.69) is 20.9 Å². The zero-order chi connectivity index (χ0) is 17.6. The smallest absolute Gasteiger partial charge is 0.251 e. The highest BCUT2D eigenvalue weighted by Crippen LogP contribution is 2.18. The number of carbonyl (C=O) groups excluding carboxylic acids is 1. The van der Waals surface area contributed by atoms with Gasteiger partial charge in [0.2, 0.25) is 0 Å². The molecule has 3 rings (SSSR count). The highest BCUT2D eigenvalue weighted by Gasteiger charge is 2.12. The molecule has 130 valence electrons. The van der Waals surface area contributed by atoms with Crippen LogP contribution in [0.5, 0.6) is 0 Å². The molecule has 1 heterocycles. The first kappa shape index (κ1) is 17.3. The van der Waals surface area contributed by atoms with E-state index in [0.717, 1.165) is 30.2 Å². The van der Waals surface area contributed by atoms with E-state index in [-0.39, 0.29) is 11.9 Å². The van der Waals surface area contributed by atoms with E-state index >= 15 is 0 Å². The summed E-state index contributed by atoms with van der Waals surface area (Å²) in [5.41, 5.74) is 2.64. The molecule has 0 radical (unpaired) electrons. The summed E-state index contributed by atoms with van der Waals surface area (Å²) in [6.45, 7) is 4.23. The third kappa shape index (κ3) is 4.73. The molecule has 0 aromatic heterocycles. The summed E-state index contributed by atoms with van der Waals surface area (Å²) in [6.07, 6.45) is 0. The van der Waals surface area contributed by atoms with Crippen LogP contribution in [0.2, 0.25) is 5.02 Å². The van der Waals surface area contributed by atoms with E-state index < -0.39 is 0 Å². The normalized spacial score (nSPS) is 14.4. The van der Waals surface area contributed by atoms with Gasteiger partial charge < -0.3 is 16.0 Å². The lowest BCUT2D eigenvalue weighted by Gasteiger charge is -2.15. The molecule has 0 saturated carbocycles. The molecule has 1 atom stereocenters. The lowest BCUT2D eigenvalue weighted by atomic mass is 10.1. The topological polar surface area (TPSA) is 65.5 Å². The van der Waals surface area contributed by atoms with Gasteiger partial charge >= 0.3 is 0 Å². The van der Waals surface area contributed by atoms with Crippen molar-refractivity contribution in [3.05, 3.63) is 70.2 Å². The van der Waals surface area contributed by atoms with Crippen LogP contribution in [0, 0.1) is 0 Å². The maximum Gasteiger partial charge on any atom is 0.251 e. The SMILES string of the molecule is CC(NC(=O)c1cccc(CNC2=NCCN2)c1)c1cccc(Cl)c1. The van der Waals surface area contributed by atoms with Crippen LogP contribution < -0.4 is 16.0 Å². The molecule has 5 nitrogen and oxygen atoms in total. The molecule has 1 unspecified atom stereocenters. The van der Waals surface area contributed by atoms with Crippen molar-refractivity contribution in [2.24, 2.45) is 4.99 Å². The van der Waals surface area contributed by atoms with Gasteiger partial charge in [-0.1, -0.05) is 35.9 Å². The fraction of sp³-hybridized carbons (Fsp3) is 0.263. The number of aliphatic imine (C=N–C) groups is 1. The molecular weight excluding hydrogens is 336 g/mol. The first-order chi connectivity index (χ1) is 12.1. The second-order valence-corrected chi connectivity index (χ2v) is 6.40. The molecule has 0 bridgehead atoms. The Bertz CT molecular complexity index is 790. The van der Waals surface area contributed by atoms with Crippen molar-refractivity contribution in [2.75, 3.05) is 13.1 Å². The Morgan fingerprint density at radius 3 is 2.88 bits per heavy atom. The van der Waals surface area contributed by atoms with Crippen molar-refractivity contribution in [3.63, 3.8) is 0 Å². The molecule has 0 saturated heterocycles. The predicted octanol–water partition coefficient (Wildman–Crippen LogP) is 2.88. The number of amides is 1. The van der Waals surface area contributed by atoms with Crippen molar-refractivity contribution in [1.82, 2.24) is 16.0 Å². The largest absolute Gasteiger partial charge is 0.355 e. The molecule has 0 aliphatic carbocycles. The summed E-state index contributed by atoms with van der Waals surface area (Å²) >= 11 is 6.02. The first-order valence-electron chi connectivity index (χ1n) is 8.29. The lowest BCUT2D eigenvalue weighted by molar-refractivity contribution is 0.0940. The van der Waals surface area contributed by atoms with Crippen LogP contribution >= 0.6 is 11.6 Å². The molecule has 2 aromatic rings. The molecule has 0 fully saturated rings. The Morgan fingerprint density at radius 1 is 1.28 bits per heavy atom. The van der Waals surface area contributed by atoms with E-state index in [1.807, 2.05) is 55.5 Å². The standard InChI is InChI=1S/C19H21ClN4O/c1-13(15-5-3-7-17(20)11-15)24-18(25)16-6-2-4-14(10-16)12-23-19-21-8-9-22-19/h2-7,10-11,13H,8-9,12H2,1H3,(H,24,25)(H2,21,22,23). The first-order valence-corrected chi connectivity index (χ1v) is 8.67. The van der Waals surface area contributed by atoms with Gasteiger partial charge in [0, 0.05) is 23.7 Å². The summed E-state index contributed by atoms with van der Waals surface area (Å²) in [5, 5.41) is 10.1. The summed E-state index contributed by atoms with van der Waals surface area (Å²) < 4.78 is 0. The maximum atomic E-state index is 12.5. The minimum Gasteiger partial charge on any atom is -0.355 e. The van der Waals surface area contributed by atoms with Gasteiger partial charge in [0.15, 0.2) is 5.96 Å². The van der Waals surface area contributed by atoms with Crippen molar-refractivity contribution in [2.45, 2.75) is 19.5 Å². The third-order valence-electron chi connectivity index (χ3n) is 4.02. The molecule has 1 aliphatic rings. The summed E-state index contributed by atoms with van der Waals surface area (Å²) in [4.78, 5) is 16.8. The molecule has 0 spiro atoms. The summed E-state index contributed by atoms with van der Waals surface area (Å²) in [5.74, 6) is 0.704. The number of benzene rings is 2. The minimum atomic E-state index is -0.120. The van der Waals surface area contributed by atoms with Crippen molar-refractivity contribution < 1.29 is 4.79 Å². The van der Waals surface area contributed by atoms with E-state index in [9.17, 15) is 4.79 Å². The number of hydrogen-bond donors (Lipinski definition) is 3. The quantitative estimate of drug-likeness (QED) is 0.771. The van der Waals surface area contributed by atoms with E-state index in [1.165, 1.54) is 0 Å². The molecule has 25 heavy (non-hydrogen) atoms. The average molecular weight is 357 g/mol. The Balaban J connectivity index is 1.62. The van der Waals surface area contributed by atoms with Crippen LogP contribution in [0.15, 0.2) is 53.5 Å². The number of halogens is 1. The molecule has 6 heteroatoms. The third-order valence-corrected chi connectivity index (χ3v) is 4.25. The predicted molar refractivity (Wildman–Crippen MR) is 101 cm³/mol. The van der Waals surface area contributed by atoms with Crippen LogP contribution in [-0.2, 0) is 6.54 Å². The van der Waals surface area contributed by atoms with Gasteiger partial charge in [-0.05, 0) is 42.3 Å². The maximum absolute atomic E-state index is 12.5. The number of nitrogens with one attached hydrogen (secondary N) is 3. The van der Waals surface area contributed by atoms with Crippen molar-refractivity contribution in [1.29, 1.82) is 0 Å². The van der Waals surface area contributed by atoms with Crippen LogP contribution in [0.4, 0.5) is 0 Å². The van der Waals surface area contributed by atoms with Crippen LogP contribution in [0.25, 0.3) is 0 Å². The number of rotatable bonds is 5. The second kappa shape index (κ2) is 8.03. The Hall–Kier alpha value is -2.53. The number of carbonyl (C=O) groups is 1. The lowest BCUT2D eigenvalue weighted by Crippen LogP contribution is -2.33. The molecule has 3 N–H and O–H groups in total. The van der Waals surface area contributed by atoms with Crippen molar-refractivity contribution >= 4 is 23.5 Å². The van der Waals surface area contributed by atoms with Gasteiger partial charge in [-0.3, -0.25) is 9.79 Å². The van der Waals surface area contributed by atoms with E-state index in [4.69, 9.17) is 11.6 Å². The van der Waals surface area contributed by atoms with E-state index in [1.54, 1.807) is 0 Å². The van der Waals surface area contributed by atoms with Crippen molar-refractivity contribution in [3.8, 4) is 0 Å². The van der Waals surface area contributed by atoms with Gasteiger partial charge in [0.25, 0.3) is 5.91 Å². The van der Waals surface area contributed by atoms with Crippen LogP contribution in [0.3, 0.4) is 0 Å². The number of guanidine groups is 1. The summed E-state index contributed by atoms with van der Waals surface area (Å²) in [6, 6.07) is 15.0. The average Bonchev–Trinajstić information content (AvgIpc) is 3.14. The second-order valence-electron chi connectivity index (χ2n) is 5.96. The van der Waals surface area contributed by atoms with Gasteiger partial charge in [0.1, 0.15) is 0 Å². The van der Waals surface area contributed by atoms with Gasteiger partial charge in [-0.2, -0.15) is 0 Å². The van der Waals surface area contributed by atoms with Crippen LogP contribution in [0.1, 0.15) is 34.5 Å². The fourth-order valence-electron chi connectivity index (χ4n) is 2.66. The molecule has 1 amide bonds. The minimum absolute atomic E-state index is 0.106. The summed E-state index contributed by atoms with van der Waals surface area (Å²) in [7, 11) is 0.